The molecule has 0 aliphatic heterocycles. The van der Waals surface area contributed by atoms with Crippen LogP contribution in [0.25, 0.3) is 0 Å². The molecule has 0 amide bonds. The van der Waals surface area contributed by atoms with Crippen molar-refractivity contribution in [3.05, 3.63) is 69.5 Å². The van der Waals surface area contributed by atoms with Crippen LogP contribution in [0.4, 0.5) is 13.2 Å². The molecule has 2 rings (SSSR count). The van der Waals surface area contributed by atoms with Gasteiger partial charge in [0.2, 0.25) is 0 Å². The van der Waals surface area contributed by atoms with Gasteiger partial charge in [-0.25, -0.2) is 13.2 Å². The van der Waals surface area contributed by atoms with E-state index in [4.69, 9.17) is 23.2 Å². The van der Waals surface area contributed by atoms with Crippen LogP contribution in [-0.2, 0) is 0 Å². The first-order valence-electron chi connectivity index (χ1n) is 5.44. The van der Waals surface area contributed by atoms with E-state index in [1.807, 2.05) is 0 Å². The van der Waals surface area contributed by atoms with Crippen molar-refractivity contribution in [3.63, 3.8) is 0 Å². The maximum Gasteiger partial charge on any atom is 0.142 e. The summed E-state index contributed by atoms with van der Waals surface area (Å²) in [6.45, 7) is 1.57. The first-order chi connectivity index (χ1) is 8.90. The van der Waals surface area contributed by atoms with Crippen molar-refractivity contribution in [2.75, 3.05) is 0 Å². The maximum atomic E-state index is 13.7. The van der Waals surface area contributed by atoms with E-state index in [1.54, 1.807) is 6.92 Å². The molecule has 0 N–H and O–H groups in total. The Hall–Kier alpha value is -1.19. The minimum absolute atomic E-state index is 0.0328. The van der Waals surface area contributed by atoms with Crippen molar-refractivity contribution in [2.24, 2.45) is 0 Å². The number of benzene rings is 2. The molecule has 0 saturated carbocycles. The van der Waals surface area contributed by atoms with Gasteiger partial charge < -0.3 is 0 Å². The van der Waals surface area contributed by atoms with E-state index in [0.717, 1.165) is 12.1 Å². The number of hydrogen-bond acceptors (Lipinski definition) is 0. The molecule has 0 heterocycles. The second-order valence-corrected chi connectivity index (χ2v) is 5.00. The van der Waals surface area contributed by atoms with Gasteiger partial charge >= 0.3 is 0 Å². The van der Waals surface area contributed by atoms with Gasteiger partial charge in [0.15, 0.2) is 0 Å². The molecule has 1 atom stereocenters. The summed E-state index contributed by atoms with van der Waals surface area (Å²) in [5.41, 5.74) is 0.841. The number of rotatable bonds is 2. The fourth-order valence-corrected chi connectivity index (χ4v) is 2.19. The molecule has 0 aliphatic carbocycles. The quantitative estimate of drug-likeness (QED) is 0.515. The van der Waals surface area contributed by atoms with Crippen LogP contribution in [0.15, 0.2) is 30.3 Å². The molecule has 0 fully saturated rings. The molecule has 2 aromatic rings. The lowest BCUT2D eigenvalue weighted by atomic mass is 10.0. The molecule has 0 aliphatic rings. The van der Waals surface area contributed by atoms with Crippen LogP contribution >= 0.6 is 23.2 Å². The molecule has 0 aromatic heterocycles. The molecular formula is C14H9Cl2F3. The van der Waals surface area contributed by atoms with Gasteiger partial charge in [-0.05, 0) is 36.2 Å². The summed E-state index contributed by atoms with van der Waals surface area (Å²) < 4.78 is 40.3. The van der Waals surface area contributed by atoms with Crippen LogP contribution in [0.2, 0.25) is 5.02 Å². The van der Waals surface area contributed by atoms with E-state index in [2.05, 4.69) is 0 Å². The molecule has 2 aromatic carbocycles. The molecule has 100 valence electrons. The Labute approximate surface area is 118 Å². The van der Waals surface area contributed by atoms with Crippen LogP contribution in [0.1, 0.15) is 22.1 Å². The lowest BCUT2D eigenvalue weighted by Gasteiger charge is -2.13. The highest BCUT2D eigenvalue weighted by molar-refractivity contribution is 6.30. The molecule has 0 saturated heterocycles. The third kappa shape index (κ3) is 2.88. The highest BCUT2D eigenvalue weighted by Gasteiger charge is 2.18. The number of aryl methyl sites for hydroxylation is 1. The number of halogens is 5. The second-order valence-electron chi connectivity index (χ2n) is 4.16. The standard InChI is InChI=1S/C14H9Cl2F3/c1-7-4-8(2-3-11(7)17)14(16)9-5-13(19)10(15)6-12(9)18/h2-6,14H,1H3. The molecule has 19 heavy (non-hydrogen) atoms. The fourth-order valence-electron chi connectivity index (χ4n) is 1.74. The molecule has 0 nitrogen and oxygen atoms in total. The van der Waals surface area contributed by atoms with Crippen molar-refractivity contribution in [3.8, 4) is 0 Å². The van der Waals surface area contributed by atoms with Gasteiger partial charge in [0.1, 0.15) is 17.5 Å². The van der Waals surface area contributed by atoms with E-state index >= 15 is 0 Å². The fraction of sp³-hybridized carbons (Fsp3) is 0.143. The smallest absolute Gasteiger partial charge is 0.142 e. The summed E-state index contributed by atoms with van der Waals surface area (Å²) in [5, 5.41) is -1.22. The zero-order valence-corrected chi connectivity index (χ0v) is 11.4. The molecular weight excluding hydrogens is 296 g/mol. The Kier molecular flexibility index (Phi) is 4.07. The van der Waals surface area contributed by atoms with Crippen molar-refractivity contribution in [1.29, 1.82) is 0 Å². The van der Waals surface area contributed by atoms with Crippen molar-refractivity contribution in [1.82, 2.24) is 0 Å². The van der Waals surface area contributed by atoms with Crippen molar-refractivity contribution >= 4 is 23.2 Å². The van der Waals surface area contributed by atoms with Gasteiger partial charge in [0.25, 0.3) is 0 Å². The Bertz CT molecular complexity index is 626. The largest absolute Gasteiger partial charge is 0.207 e. The maximum absolute atomic E-state index is 13.7. The highest BCUT2D eigenvalue weighted by Crippen LogP contribution is 2.33. The van der Waals surface area contributed by atoms with Crippen LogP contribution in [-0.4, -0.2) is 0 Å². The monoisotopic (exact) mass is 304 g/mol. The molecule has 0 radical (unpaired) electrons. The summed E-state index contributed by atoms with van der Waals surface area (Å²) in [7, 11) is 0. The topological polar surface area (TPSA) is 0 Å². The summed E-state index contributed by atoms with van der Waals surface area (Å²) in [6.07, 6.45) is 0. The van der Waals surface area contributed by atoms with Gasteiger partial charge in [-0.15, -0.1) is 11.6 Å². The zero-order chi connectivity index (χ0) is 14.2. The van der Waals surface area contributed by atoms with Crippen LogP contribution in [0.5, 0.6) is 0 Å². The third-order valence-electron chi connectivity index (χ3n) is 2.79. The minimum Gasteiger partial charge on any atom is -0.207 e. The third-order valence-corrected chi connectivity index (χ3v) is 3.56. The lowest BCUT2D eigenvalue weighted by molar-refractivity contribution is 0.587. The average molecular weight is 305 g/mol. The van der Waals surface area contributed by atoms with Crippen LogP contribution in [0, 0.1) is 24.4 Å². The van der Waals surface area contributed by atoms with E-state index in [0.29, 0.717) is 11.1 Å². The van der Waals surface area contributed by atoms with E-state index in [-0.39, 0.29) is 16.4 Å². The summed E-state index contributed by atoms with van der Waals surface area (Å²) >= 11 is 11.6. The molecule has 0 bridgehead atoms. The first-order valence-corrected chi connectivity index (χ1v) is 6.26. The van der Waals surface area contributed by atoms with E-state index in [9.17, 15) is 13.2 Å². The van der Waals surface area contributed by atoms with Gasteiger partial charge in [0, 0.05) is 5.56 Å². The Morgan fingerprint density at radius 3 is 2.26 bits per heavy atom. The van der Waals surface area contributed by atoms with Gasteiger partial charge in [0.05, 0.1) is 10.4 Å². The summed E-state index contributed by atoms with van der Waals surface area (Å²) in [4.78, 5) is 0. The number of alkyl halides is 1. The number of hydrogen-bond donors (Lipinski definition) is 0. The Morgan fingerprint density at radius 2 is 1.63 bits per heavy atom. The lowest BCUT2D eigenvalue weighted by Crippen LogP contribution is -2.00. The van der Waals surface area contributed by atoms with Gasteiger partial charge in [-0.1, -0.05) is 23.7 Å². The Morgan fingerprint density at radius 1 is 0.947 bits per heavy atom. The van der Waals surface area contributed by atoms with Crippen molar-refractivity contribution in [2.45, 2.75) is 12.3 Å². The van der Waals surface area contributed by atoms with Crippen molar-refractivity contribution < 1.29 is 13.2 Å². The Balaban J connectivity index is 2.46. The van der Waals surface area contributed by atoms with Crippen LogP contribution < -0.4 is 0 Å². The van der Waals surface area contributed by atoms with Gasteiger partial charge in [-0.3, -0.25) is 0 Å². The van der Waals surface area contributed by atoms with Crippen LogP contribution in [0.3, 0.4) is 0 Å². The van der Waals surface area contributed by atoms with Gasteiger partial charge in [-0.2, -0.15) is 0 Å². The average Bonchev–Trinajstić information content (AvgIpc) is 2.36. The molecule has 1 unspecified atom stereocenters. The predicted octanol–water partition coefficient (Wildman–Crippen LogP) is 5.39. The normalized spacial score (nSPS) is 12.5. The summed E-state index contributed by atoms with van der Waals surface area (Å²) in [6, 6.07) is 6.00. The highest BCUT2D eigenvalue weighted by atomic mass is 35.5. The zero-order valence-electron chi connectivity index (χ0n) is 9.85. The summed E-state index contributed by atoms with van der Waals surface area (Å²) in [5.74, 6) is -1.83. The first kappa shape index (κ1) is 14.2. The SMILES string of the molecule is Cc1cc(C(Cl)c2cc(F)c(Cl)cc2F)ccc1F. The second kappa shape index (κ2) is 5.43. The predicted molar refractivity (Wildman–Crippen MR) is 70.2 cm³/mol. The van der Waals surface area contributed by atoms with E-state index < -0.39 is 17.0 Å². The van der Waals surface area contributed by atoms with E-state index in [1.165, 1.54) is 18.2 Å². The minimum atomic E-state index is -0.911. The molecule has 0 spiro atoms. The molecule has 5 heteroatoms.